The molecule has 126 valence electrons. The van der Waals surface area contributed by atoms with Crippen molar-refractivity contribution < 1.29 is 9.59 Å². The standard InChI is InChI=1S/C20H24N2O2/c1-16(2)22(15-18-11-7-4-8-12-18)20(24)19(23)21-14-13-17-9-5-3-6-10-17/h3-12,16H,13-15H2,1-2H3,(H,21,23). The number of carbonyl (C=O) groups is 2. The van der Waals surface area contributed by atoms with Crippen LogP contribution in [0.1, 0.15) is 25.0 Å². The molecule has 0 aliphatic rings. The van der Waals surface area contributed by atoms with Crippen LogP contribution in [-0.2, 0) is 22.6 Å². The zero-order chi connectivity index (χ0) is 17.4. The minimum absolute atomic E-state index is 0.0439. The molecular formula is C20H24N2O2. The molecule has 2 aromatic rings. The maximum atomic E-state index is 12.4. The van der Waals surface area contributed by atoms with Gasteiger partial charge in [0.1, 0.15) is 0 Å². The molecule has 0 aromatic heterocycles. The summed E-state index contributed by atoms with van der Waals surface area (Å²) in [7, 11) is 0. The molecule has 2 rings (SSSR count). The highest BCUT2D eigenvalue weighted by Gasteiger charge is 2.23. The van der Waals surface area contributed by atoms with E-state index in [1.54, 1.807) is 4.90 Å². The fourth-order valence-corrected chi connectivity index (χ4v) is 2.44. The van der Waals surface area contributed by atoms with Crippen LogP contribution in [0.3, 0.4) is 0 Å². The average molecular weight is 324 g/mol. The zero-order valence-electron chi connectivity index (χ0n) is 14.2. The number of hydrogen-bond donors (Lipinski definition) is 1. The van der Waals surface area contributed by atoms with Crippen molar-refractivity contribution in [1.29, 1.82) is 0 Å². The Morgan fingerprint density at radius 3 is 2.00 bits per heavy atom. The van der Waals surface area contributed by atoms with Crippen LogP contribution in [0.4, 0.5) is 0 Å². The normalized spacial score (nSPS) is 10.5. The quantitative estimate of drug-likeness (QED) is 0.831. The lowest BCUT2D eigenvalue weighted by atomic mass is 10.1. The summed E-state index contributed by atoms with van der Waals surface area (Å²) in [6.45, 7) is 4.71. The van der Waals surface area contributed by atoms with Crippen molar-refractivity contribution in [3.8, 4) is 0 Å². The molecule has 4 nitrogen and oxygen atoms in total. The van der Waals surface area contributed by atoms with Gasteiger partial charge in [0.25, 0.3) is 0 Å². The van der Waals surface area contributed by atoms with Gasteiger partial charge in [0.05, 0.1) is 0 Å². The summed E-state index contributed by atoms with van der Waals surface area (Å²) in [5.74, 6) is -1.03. The fraction of sp³-hybridized carbons (Fsp3) is 0.300. The third-order valence-electron chi connectivity index (χ3n) is 3.82. The summed E-state index contributed by atoms with van der Waals surface area (Å²) in [6, 6.07) is 19.5. The molecule has 2 aromatic carbocycles. The van der Waals surface area contributed by atoms with Crippen molar-refractivity contribution in [2.24, 2.45) is 0 Å². The van der Waals surface area contributed by atoms with Gasteiger partial charge >= 0.3 is 11.8 Å². The molecule has 0 fully saturated rings. The number of carbonyl (C=O) groups excluding carboxylic acids is 2. The molecule has 4 heteroatoms. The second-order valence-corrected chi connectivity index (χ2v) is 6.00. The number of amides is 2. The lowest BCUT2D eigenvalue weighted by Crippen LogP contribution is -2.46. The number of nitrogens with zero attached hydrogens (tertiary/aromatic N) is 1. The molecule has 0 aliphatic carbocycles. The minimum Gasteiger partial charge on any atom is -0.347 e. The molecule has 0 spiro atoms. The van der Waals surface area contributed by atoms with Crippen molar-refractivity contribution in [2.75, 3.05) is 6.54 Å². The average Bonchev–Trinajstić information content (AvgIpc) is 2.60. The minimum atomic E-state index is -0.546. The molecule has 24 heavy (non-hydrogen) atoms. The number of benzene rings is 2. The Morgan fingerprint density at radius 1 is 0.917 bits per heavy atom. The smallest absolute Gasteiger partial charge is 0.312 e. The Balaban J connectivity index is 1.90. The third kappa shape index (κ3) is 5.23. The largest absolute Gasteiger partial charge is 0.347 e. The van der Waals surface area contributed by atoms with Crippen LogP contribution in [0, 0.1) is 0 Å². The van der Waals surface area contributed by atoms with Gasteiger partial charge in [-0.1, -0.05) is 60.7 Å². The van der Waals surface area contributed by atoms with Gasteiger partial charge in [-0.15, -0.1) is 0 Å². The highest BCUT2D eigenvalue weighted by atomic mass is 16.2. The van der Waals surface area contributed by atoms with Crippen molar-refractivity contribution in [2.45, 2.75) is 32.9 Å². The van der Waals surface area contributed by atoms with Gasteiger partial charge in [-0.3, -0.25) is 9.59 Å². The molecule has 0 saturated carbocycles. The topological polar surface area (TPSA) is 49.4 Å². The molecule has 0 bridgehead atoms. The Bertz CT molecular complexity index is 654. The van der Waals surface area contributed by atoms with E-state index in [4.69, 9.17) is 0 Å². The van der Waals surface area contributed by atoms with Gasteiger partial charge < -0.3 is 10.2 Å². The van der Waals surface area contributed by atoms with Crippen molar-refractivity contribution in [1.82, 2.24) is 10.2 Å². The molecule has 0 saturated heterocycles. The predicted octanol–water partition coefficient (Wildman–Crippen LogP) is 2.78. The van der Waals surface area contributed by atoms with E-state index in [9.17, 15) is 9.59 Å². The van der Waals surface area contributed by atoms with E-state index in [1.165, 1.54) is 0 Å². The second-order valence-electron chi connectivity index (χ2n) is 6.00. The van der Waals surface area contributed by atoms with Crippen LogP contribution in [0.2, 0.25) is 0 Å². The molecule has 1 N–H and O–H groups in total. The highest BCUT2D eigenvalue weighted by molar-refractivity contribution is 6.35. The first kappa shape index (κ1) is 17.7. The zero-order valence-corrected chi connectivity index (χ0v) is 14.2. The van der Waals surface area contributed by atoms with Crippen LogP contribution in [0.5, 0.6) is 0 Å². The van der Waals surface area contributed by atoms with E-state index >= 15 is 0 Å². The van der Waals surface area contributed by atoms with Crippen LogP contribution >= 0.6 is 0 Å². The molecule has 0 atom stereocenters. The van der Waals surface area contributed by atoms with Gasteiger partial charge in [-0.2, -0.15) is 0 Å². The number of rotatable bonds is 6. The first-order valence-corrected chi connectivity index (χ1v) is 8.24. The number of hydrogen-bond acceptors (Lipinski definition) is 2. The fourth-order valence-electron chi connectivity index (χ4n) is 2.44. The monoisotopic (exact) mass is 324 g/mol. The van der Waals surface area contributed by atoms with Crippen molar-refractivity contribution in [3.63, 3.8) is 0 Å². The van der Waals surface area contributed by atoms with E-state index < -0.39 is 11.8 Å². The molecule has 0 heterocycles. The Morgan fingerprint density at radius 2 is 1.46 bits per heavy atom. The summed E-state index contributed by atoms with van der Waals surface area (Å²) < 4.78 is 0. The highest BCUT2D eigenvalue weighted by Crippen LogP contribution is 2.08. The molecule has 2 amide bonds. The van der Waals surface area contributed by atoms with Crippen LogP contribution in [0.15, 0.2) is 60.7 Å². The van der Waals surface area contributed by atoms with E-state index in [0.29, 0.717) is 19.5 Å². The van der Waals surface area contributed by atoms with E-state index in [0.717, 1.165) is 11.1 Å². The van der Waals surface area contributed by atoms with Crippen LogP contribution in [0.25, 0.3) is 0 Å². The van der Waals surface area contributed by atoms with E-state index in [-0.39, 0.29) is 6.04 Å². The molecular weight excluding hydrogens is 300 g/mol. The Kier molecular flexibility index (Phi) is 6.55. The van der Waals surface area contributed by atoms with E-state index in [1.807, 2.05) is 74.5 Å². The predicted molar refractivity (Wildman–Crippen MR) is 95.3 cm³/mol. The van der Waals surface area contributed by atoms with E-state index in [2.05, 4.69) is 5.32 Å². The van der Waals surface area contributed by atoms with Crippen molar-refractivity contribution >= 4 is 11.8 Å². The van der Waals surface area contributed by atoms with Gasteiger partial charge in [0.2, 0.25) is 0 Å². The van der Waals surface area contributed by atoms with Crippen molar-refractivity contribution in [3.05, 3.63) is 71.8 Å². The summed E-state index contributed by atoms with van der Waals surface area (Å²) in [4.78, 5) is 26.2. The summed E-state index contributed by atoms with van der Waals surface area (Å²) in [6.07, 6.45) is 0.709. The first-order valence-electron chi connectivity index (χ1n) is 8.24. The maximum absolute atomic E-state index is 12.4. The SMILES string of the molecule is CC(C)N(Cc1ccccc1)C(=O)C(=O)NCCc1ccccc1. The molecule has 0 aliphatic heterocycles. The lowest BCUT2D eigenvalue weighted by molar-refractivity contribution is -0.147. The Labute approximate surface area is 143 Å². The summed E-state index contributed by atoms with van der Waals surface area (Å²) in [5.41, 5.74) is 2.15. The van der Waals surface area contributed by atoms with Crippen LogP contribution < -0.4 is 5.32 Å². The molecule has 0 radical (unpaired) electrons. The second kappa shape index (κ2) is 8.87. The maximum Gasteiger partial charge on any atom is 0.312 e. The summed E-state index contributed by atoms with van der Waals surface area (Å²) in [5, 5.41) is 2.72. The van der Waals surface area contributed by atoms with Gasteiger partial charge in [-0.25, -0.2) is 0 Å². The Hall–Kier alpha value is -2.62. The van der Waals surface area contributed by atoms with Crippen LogP contribution in [-0.4, -0.2) is 29.3 Å². The van der Waals surface area contributed by atoms with Gasteiger partial charge in [0.15, 0.2) is 0 Å². The van der Waals surface area contributed by atoms with Gasteiger partial charge in [-0.05, 0) is 31.4 Å². The molecule has 0 unspecified atom stereocenters. The summed E-state index contributed by atoms with van der Waals surface area (Å²) >= 11 is 0. The number of nitrogens with one attached hydrogen (secondary N) is 1. The third-order valence-corrected chi connectivity index (χ3v) is 3.82. The first-order chi connectivity index (χ1) is 11.6. The lowest BCUT2D eigenvalue weighted by Gasteiger charge is -2.26. The van der Waals surface area contributed by atoms with Gasteiger partial charge in [0, 0.05) is 19.1 Å².